The zero-order valence-electron chi connectivity index (χ0n) is 15.2. The SMILES string of the molecule is C=C(/C=C/c1ccn2c(CNCC3CC3)c(-c3ccccc3)nc2c1)NO. The summed E-state index contributed by atoms with van der Waals surface area (Å²) < 4.78 is 2.15. The number of fused-ring (bicyclic) bond motifs is 1. The standard InChI is InChI=1S/C22H24N4O/c1-16(25-27)7-8-17-11-12-26-20(15-23-14-18-9-10-18)22(24-21(26)13-17)19-5-3-2-4-6-19/h2-8,11-13,18,23,25,27H,1,9-10,14-15H2/b8-7+. The van der Waals surface area contributed by atoms with Crippen LogP contribution in [0.1, 0.15) is 24.1 Å². The minimum absolute atomic E-state index is 0.438. The van der Waals surface area contributed by atoms with Crippen molar-refractivity contribution >= 4 is 11.7 Å². The zero-order valence-corrected chi connectivity index (χ0v) is 15.2. The summed E-state index contributed by atoms with van der Waals surface area (Å²) in [6.07, 6.45) is 8.36. The average molecular weight is 360 g/mol. The quantitative estimate of drug-likeness (QED) is 0.420. The molecule has 2 aromatic heterocycles. The van der Waals surface area contributed by atoms with E-state index in [2.05, 4.69) is 34.6 Å². The lowest BCUT2D eigenvalue weighted by Crippen LogP contribution is -2.17. The third-order valence-corrected chi connectivity index (χ3v) is 4.84. The molecule has 3 aromatic rings. The van der Waals surface area contributed by atoms with Gasteiger partial charge in [0.1, 0.15) is 5.65 Å². The van der Waals surface area contributed by atoms with Gasteiger partial charge in [0.25, 0.3) is 0 Å². The molecule has 3 N–H and O–H groups in total. The maximum absolute atomic E-state index is 8.85. The molecule has 0 bridgehead atoms. The Morgan fingerprint density at radius 2 is 2.07 bits per heavy atom. The largest absolute Gasteiger partial charge is 0.311 e. The Morgan fingerprint density at radius 3 is 2.81 bits per heavy atom. The second-order valence-corrected chi connectivity index (χ2v) is 7.01. The summed E-state index contributed by atoms with van der Waals surface area (Å²) in [7, 11) is 0. The summed E-state index contributed by atoms with van der Waals surface area (Å²) in [6.45, 7) is 5.55. The Kier molecular flexibility index (Phi) is 5.05. The lowest BCUT2D eigenvalue weighted by atomic mass is 10.1. The Hall–Kier alpha value is -2.89. The zero-order chi connectivity index (χ0) is 18.6. The van der Waals surface area contributed by atoms with Gasteiger partial charge in [0.2, 0.25) is 0 Å². The Balaban J connectivity index is 1.69. The fourth-order valence-electron chi connectivity index (χ4n) is 3.16. The molecule has 0 radical (unpaired) electrons. The fourth-order valence-corrected chi connectivity index (χ4v) is 3.16. The first kappa shape index (κ1) is 17.5. The van der Waals surface area contributed by atoms with Gasteiger partial charge in [0, 0.05) is 18.3 Å². The molecule has 4 rings (SSSR count). The van der Waals surface area contributed by atoms with Crippen LogP contribution < -0.4 is 10.8 Å². The Bertz CT molecular complexity index is 971. The van der Waals surface area contributed by atoms with E-state index in [0.717, 1.165) is 41.5 Å². The highest BCUT2D eigenvalue weighted by molar-refractivity contribution is 5.68. The molecular formula is C22H24N4O. The van der Waals surface area contributed by atoms with Gasteiger partial charge in [-0.3, -0.25) is 10.7 Å². The molecule has 0 atom stereocenters. The van der Waals surface area contributed by atoms with Crippen LogP contribution in [0.3, 0.4) is 0 Å². The van der Waals surface area contributed by atoms with Gasteiger partial charge in [0.05, 0.1) is 17.1 Å². The lowest BCUT2D eigenvalue weighted by Gasteiger charge is -2.07. The second kappa shape index (κ2) is 7.78. The molecule has 5 nitrogen and oxygen atoms in total. The van der Waals surface area contributed by atoms with Crippen LogP contribution in [0.4, 0.5) is 0 Å². The van der Waals surface area contributed by atoms with E-state index in [-0.39, 0.29) is 0 Å². The van der Waals surface area contributed by atoms with Gasteiger partial charge in [-0.2, -0.15) is 0 Å². The number of rotatable bonds is 8. The van der Waals surface area contributed by atoms with E-state index in [4.69, 9.17) is 10.2 Å². The third kappa shape index (κ3) is 4.10. The van der Waals surface area contributed by atoms with Crippen molar-refractivity contribution in [3.63, 3.8) is 0 Å². The van der Waals surface area contributed by atoms with E-state index in [9.17, 15) is 0 Å². The second-order valence-electron chi connectivity index (χ2n) is 7.01. The molecule has 1 fully saturated rings. The lowest BCUT2D eigenvalue weighted by molar-refractivity contribution is 0.205. The first-order chi connectivity index (χ1) is 13.2. The molecule has 1 saturated carbocycles. The number of nitrogens with one attached hydrogen (secondary N) is 2. The van der Waals surface area contributed by atoms with E-state index in [1.807, 2.05) is 41.9 Å². The first-order valence-electron chi connectivity index (χ1n) is 9.29. The average Bonchev–Trinajstić information content (AvgIpc) is 3.46. The number of hydroxylamine groups is 1. The van der Waals surface area contributed by atoms with Crippen molar-refractivity contribution in [3.05, 3.63) is 78.3 Å². The van der Waals surface area contributed by atoms with E-state index in [0.29, 0.717) is 5.70 Å². The van der Waals surface area contributed by atoms with Crippen molar-refractivity contribution in [2.24, 2.45) is 5.92 Å². The molecule has 0 spiro atoms. The molecular weight excluding hydrogens is 336 g/mol. The maximum Gasteiger partial charge on any atom is 0.138 e. The monoisotopic (exact) mass is 360 g/mol. The van der Waals surface area contributed by atoms with Crippen molar-refractivity contribution in [1.82, 2.24) is 20.2 Å². The maximum atomic E-state index is 8.85. The normalized spacial score (nSPS) is 14.1. The molecule has 138 valence electrons. The number of allylic oxidation sites excluding steroid dienone is 1. The first-order valence-corrected chi connectivity index (χ1v) is 9.29. The van der Waals surface area contributed by atoms with Crippen molar-refractivity contribution in [3.8, 4) is 11.3 Å². The minimum Gasteiger partial charge on any atom is -0.311 e. The predicted molar refractivity (Wildman–Crippen MR) is 108 cm³/mol. The van der Waals surface area contributed by atoms with Gasteiger partial charge in [-0.05, 0) is 49.1 Å². The van der Waals surface area contributed by atoms with Gasteiger partial charge in [-0.15, -0.1) is 0 Å². The summed E-state index contributed by atoms with van der Waals surface area (Å²) in [5, 5.41) is 12.4. The summed E-state index contributed by atoms with van der Waals surface area (Å²) in [5.74, 6) is 0.842. The molecule has 0 unspecified atom stereocenters. The summed E-state index contributed by atoms with van der Waals surface area (Å²) >= 11 is 0. The number of hydrogen-bond acceptors (Lipinski definition) is 4. The molecule has 27 heavy (non-hydrogen) atoms. The van der Waals surface area contributed by atoms with Crippen molar-refractivity contribution in [2.75, 3.05) is 6.54 Å². The highest BCUT2D eigenvalue weighted by Crippen LogP contribution is 2.28. The Labute approximate surface area is 159 Å². The number of imidazole rings is 1. The number of pyridine rings is 1. The van der Waals surface area contributed by atoms with Crippen molar-refractivity contribution in [1.29, 1.82) is 0 Å². The van der Waals surface area contributed by atoms with Crippen molar-refractivity contribution < 1.29 is 5.21 Å². The molecule has 1 aromatic carbocycles. The summed E-state index contributed by atoms with van der Waals surface area (Å²) in [6, 6.07) is 14.4. The van der Waals surface area contributed by atoms with E-state index in [1.54, 1.807) is 6.08 Å². The highest BCUT2D eigenvalue weighted by Gasteiger charge is 2.21. The van der Waals surface area contributed by atoms with Crippen LogP contribution in [0.15, 0.2) is 67.0 Å². The fraction of sp³-hybridized carbons (Fsp3) is 0.227. The third-order valence-electron chi connectivity index (χ3n) is 4.84. The van der Waals surface area contributed by atoms with Gasteiger partial charge in [-0.25, -0.2) is 4.98 Å². The van der Waals surface area contributed by atoms with Crippen molar-refractivity contribution in [2.45, 2.75) is 19.4 Å². The molecule has 0 aliphatic heterocycles. The van der Waals surface area contributed by atoms with E-state index < -0.39 is 0 Å². The molecule has 0 amide bonds. The van der Waals surface area contributed by atoms with E-state index >= 15 is 0 Å². The van der Waals surface area contributed by atoms with Crippen LogP contribution in [-0.2, 0) is 6.54 Å². The number of aromatic nitrogens is 2. The molecule has 1 aliphatic rings. The van der Waals surface area contributed by atoms with Crippen LogP contribution in [-0.4, -0.2) is 21.1 Å². The van der Waals surface area contributed by atoms with Gasteiger partial charge >= 0.3 is 0 Å². The van der Waals surface area contributed by atoms with Crippen LogP contribution in [0, 0.1) is 5.92 Å². The van der Waals surface area contributed by atoms with Gasteiger partial charge < -0.3 is 9.72 Å². The smallest absolute Gasteiger partial charge is 0.138 e. The molecule has 5 heteroatoms. The van der Waals surface area contributed by atoms with Gasteiger partial charge in [-0.1, -0.05) is 43.0 Å². The predicted octanol–water partition coefficient (Wildman–Crippen LogP) is 4.01. The minimum atomic E-state index is 0.438. The Morgan fingerprint density at radius 1 is 1.26 bits per heavy atom. The molecule has 2 heterocycles. The summed E-state index contributed by atoms with van der Waals surface area (Å²) in [4.78, 5) is 4.91. The number of nitrogens with zero attached hydrogens (tertiary/aromatic N) is 2. The highest BCUT2D eigenvalue weighted by atomic mass is 16.5. The van der Waals surface area contributed by atoms with Gasteiger partial charge in [0.15, 0.2) is 0 Å². The van der Waals surface area contributed by atoms with Crippen LogP contribution in [0.2, 0.25) is 0 Å². The number of benzene rings is 1. The molecule has 0 saturated heterocycles. The van der Waals surface area contributed by atoms with Crippen LogP contribution in [0.25, 0.3) is 23.0 Å². The van der Waals surface area contributed by atoms with Crippen LogP contribution in [0.5, 0.6) is 0 Å². The van der Waals surface area contributed by atoms with E-state index in [1.165, 1.54) is 18.5 Å². The number of hydrogen-bond donors (Lipinski definition) is 3. The topological polar surface area (TPSA) is 61.6 Å². The molecule has 1 aliphatic carbocycles. The van der Waals surface area contributed by atoms with Crippen LogP contribution >= 0.6 is 0 Å². The summed E-state index contributed by atoms with van der Waals surface area (Å²) in [5.41, 5.74) is 7.69.